The summed E-state index contributed by atoms with van der Waals surface area (Å²) in [5, 5.41) is 6.86. The second kappa shape index (κ2) is 12.3. The van der Waals surface area contributed by atoms with Gasteiger partial charge in [-0.3, -0.25) is 4.99 Å². The lowest BCUT2D eigenvalue weighted by Crippen LogP contribution is -2.44. The van der Waals surface area contributed by atoms with Gasteiger partial charge in [0.1, 0.15) is 0 Å². The van der Waals surface area contributed by atoms with Crippen molar-refractivity contribution in [2.75, 3.05) is 53.0 Å². The SMILES string of the molecule is CCN1CCCC(CNC(=NC)NCCCOCC2CC2)C1.I. The summed E-state index contributed by atoms with van der Waals surface area (Å²) in [7, 11) is 1.85. The van der Waals surface area contributed by atoms with Crippen LogP contribution in [0.5, 0.6) is 0 Å². The molecule has 1 aliphatic carbocycles. The summed E-state index contributed by atoms with van der Waals surface area (Å²) in [6, 6.07) is 0. The number of rotatable bonds is 9. The van der Waals surface area contributed by atoms with E-state index in [-0.39, 0.29) is 24.0 Å². The van der Waals surface area contributed by atoms with Crippen LogP contribution in [-0.2, 0) is 4.74 Å². The average Bonchev–Trinajstić information content (AvgIpc) is 3.38. The number of guanidine groups is 1. The summed E-state index contributed by atoms with van der Waals surface area (Å²) in [6.45, 7) is 9.67. The predicted octanol–water partition coefficient (Wildman–Crippen LogP) is 2.32. The molecule has 0 bridgehead atoms. The van der Waals surface area contributed by atoms with Crippen molar-refractivity contribution in [2.24, 2.45) is 16.8 Å². The van der Waals surface area contributed by atoms with E-state index in [1.807, 2.05) is 7.05 Å². The zero-order valence-electron chi connectivity index (χ0n) is 14.9. The molecule has 0 radical (unpaired) electrons. The Balaban J connectivity index is 0.00000264. The van der Waals surface area contributed by atoms with E-state index in [4.69, 9.17) is 4.74 Å². The van der Waals surface area contributed by atoms with E-state index in [1.54, 1.807) is 0 Å². The molecule has 1 unspecified atom stereocenters. The number of hydrogen-bond donors (Lipinski definition) is 2. The molecule has 5 nitrogen and oxygen atoms in total. The van der Waals surface area contributed by atoms with E-state index < -0.39 is 0 Å². The molecule has 0 amide bonds. The minimum atomic E-state index is 0. The first kappa shape index (κ1) is 21.0. The molecule has 1 aliphatic heterocycles. The molecule has 1 atom stereocenters. The zero-order chi connectivity index (χ0) is 15.6. The highest BCUT2D eigenvalue weighted by atomic mass is 127. The molecule has 1 saturated heterocycles. The molecule has 0 aromatic heterocycles. The highest BCUT2D eigenvalue weighted by Gasteiger charge is 2.21. The van der Waals surface area contributed by atoms with Crippen LogP contribution in [-0.4, -0.2) is 63.8 Å². The number of likely N-dealkylation sites (tertiary alicyclic amines) is 1. The summed E-state index contributed by atoms with van der Waals surface area (Å²) < 4.78 is 5.65. The van der Waals surface area contributed by atoms with Crippen molar-refractivity contribution in [3.05, 3.63) is 0 Å². The standard InChI is InChI=1S/C17H34N4O.HI/c1-3-21-10-4-6-16(13-21)12-20-17(18-2)19-9-5-11-22-14-15-7-8-15;/h15-16H,3-14H2,1-2H3,(H2,18,19,20);1H. The molecule has 0 aromatic rings. The first-order chi connectivity index (χ1) is 10.8. The lowest BCUT2D eigenvalue weighted by molar-refractivity contribution is 0.123. The summed E-state index contributed by atoms with van der Waals surface area (Å²) in [5.74, 6) is 2.53. The molecule has 2 rings (SSSR count). The number of ether oxygens (including phenoxy) is 1. The molecule has 6 heteroatoms. The summed E-state index contributed by atoms with van der Waals surface area (Å²) in [6.07, 6.45) is 6.43. The Kier molecular flexibility index (Phi) is 11.2. The lowest BCUT2D eigenvalue weighted by atomic mass is 9.98. The van der Waals surface area contributed by atoms with Gasteiger partial charge in [0, 0.05) is 39.9 Å². The van der Waals surface area contributed by atoms with Gasteiger partial charge < -0.3 is 20.3 Å². The zero-order valence-corrected chi connectivity index (χ0v) is 17.2. The van der Waals surface area contributed by atoms with Crippen LogP contribution in [0, 0.1) is 11.8 Å². The van der Waals surface area contributed by atoms with Crippen molar-refractivity contribution in [3.63, 3.8) is 0 Å². The first-order valence-corrected chi connectivity index (χ1v) is 9.06. The Morgan fingerprint density at radius 2 is 2.04 bits per heavy atom. The van der Waals surface area contributed by atoms with E-state index in [2.05, 4.69) is 27.4 Å². The van der Waals surface area contributed by atoms with Crippen molar-refractivity contribution in [3.8, 4) is 0 Å². The van der Waals surface area contributed by atoms with Crippen LogP contribution >= 0.6 is 24.0 Å². The fourth-order valence-electron chi connectivity index (χ4n) is 2.98. The van der Waals surface area contributed by atoms with E-state index in [0.29, 0.717) is 0 Å². The van der Waals surface area contributed by atoms with Crippen LogP contribution < -0.4 is 10.6 Å². The van der Waals surface area contributed by atoms with E-state index in [0.717, 1.165) is 50.5 Å². The first-order valence-electron chi connectivity index (χ1n) is 9.06. The molecule has 2 N–H and O–H groups in total. The third kappa shape index (κ3) is 9.10. The maximum absolute atomic E-state index is 5.65. The molecular formula is C17H35IN4O. The van der Waals surface area contributed by atoms with Gasteiger partial charge in [-0.15, -0.1) is 24.0 Å². The molecular weight excluding hydrogens is 403 g/mol. The van der Waals surface area contributed by atoms with E-state index >= 15 is 0 Å². The fourth-order valence-corrected chi connectivity index (χ4v) is 2.98. The minimum Gasteiger partial charge on any atom is -0.381 e. The third-order valence-electron chi connectivity index (χ3n) is 4.64. The number of piperidine rings is 1. The Morgan fingerprint density at radius 1 is 1.22 bits per heavy atom. The number of nitrogens with one attached hydrogen (secondary N) is 2. The number of aliphatic imine (C=N–C) groups is 1. The molecule has 0 aromatic carbocycles. The Labute approximate surface area is 159 Å². The second-order valence-corrected chi connectivity index (χ2v) is 6.65. The summed E-state index contributed by atoms with van der Waals surface area (Å²) in [5.41, 5.74) is 0. The van der Waals surface area contributed by atoms with E-state index in [1.165, 1.54) is 45.3 Å². The maximum Gasteiger partial charge on any atom is 0.190 e. The van der Waals surface area contributed by atoms with Crippen molar-refractivity contribution < 1.29 is 4.74 Å². The van der Waals surface area contributed by atoms with E-state index in [9.17, 15) is 0 Å². The predicted molar refractivity (Wildman–Crippen MR) is 108 cm³/mol. The monoisotopic (exact) mass is 438 g/mol. The van der Waals surface area contributed by atoms with Gasteiger partial charge in [0.2, 0.25) is 0 Å². The molecule has 2 aliphatic rings. The van der Waals surface area contributed by atoms with Crippen LogP contribution in [0.4, 0.5) is 0 Å². The highest BCUT2D eigenvalue weighted by molar-refractivity contribution is 14.0. The molecule has 1 saturated carbocycles. The topological polar surface area (TPSA) is 48.9 Å². The number of halogens is 1. The molecule has 2 fully saturated rings. The fraction of sp³-hybridized carbons (Fsp3) is 0.941. The van der Waals surface area contributed by atoms with Crippen LogP contribution in [0.3, 0.4) is 0 Å². The summed E-state index contributed by atoms with van der Waals surface area (Å²) >= 11 is 0. The molecule has 1 heterocycles. The maximum atomic E-state index is 5.65. The van der Waals surface area contributed by atoms with Gasteiger partial charge in [-0.1, -0.05) is 6.92 Å². The average molecular weight is 438 g/mol. The smallest absolute Gasteiger partial charge is 0.190 e. The third-order valence-corrected chi connectivity index (χ3v) is 4.64. The van der Waals surface area contributed by atoms with Crippen molar-refractivity contribution in [2.45, 2.75) is 39.0 Å². The largest absolute Gasteiger partial charge is 0.381 e. The number of hydrogen-bond acceptors (Lipinski definition) is 3. The highest BCUT2D eigenvalue weighted by Crippen LogP contribution is 2.28. The van der Waals surface area contributed by atoms with Crippen LogP contribution in [0.15, 0.2) is 4.99 Å². The Bertz CT molecular complexity index is 337. The van der Waals surface area contributed by atoms with Crippen LogP contribution in [0.2, 0.25) is 0 Å². The van der Waals surface area contributed by atoms with Crippen LogP contribution in [0.25, 0.3) is 0 Å². The van der Waals surface area contributed by atoms with Gasteiger partial charge in [0.15, 0.2) is 5.96 Å². The van der Waals surface area contributed by atoms with Crippen molar-refractivity contribution >= 4 is 29.9 Å². The van der Waals surface area contributed by atoms with Gasteiger partial charge in [0.05, 0.1) is 0 Å². The minimum absolute atomic E-state index is 0. The normalized spacial score (nSPS) is 22.5. The lowest BCUT2D eigenvalue weighted by Gasteiger charge is -2.32. The number of nitrogens with zero attached hydrogens (tertiary/aromatic N) is 2. The molecule has 136 valence electrons. The second-order valence-electron chi connectivity index (χ2n) is 6.65. The van der Waals surface area contributed by atoms with Gasteiger partial charge in [0.25, 0.3) is 0 Å². The summed E-state index contributed by atoms with van der Waals surface area (Å²) in [4.78, 5) is 6.85. The van der Waals surface area contributed by atoms with Gasteiger partial charge in [-0.2, -0.15) is 0 Å². The molecule has 23 heavy (non-hydrogen) atoms. The van der Waals surface area contributed by atoms with Gasteiger partial charge >= 0.3 is 0 Å². The van der Waals surface area contributed by atoms with Crippen molar-refractivity contribution in [1.82, 2.24) is 15.5 Å². The molecule has 0 spiro atoms. The van der Waals surface area contributed by atoms with Gasteiger partial charge in [-0.05, 0) is 57.0 Å². The van der Waals surface area contributed by atoms with Gasteiger partial charge in [-0.25, -0.2) is 0 Å². The van der Waals surface area contributed by atoms with Crippen LogP contribution in [0.1, 0.15) is 39.0 Å². The quantitative estimate of drug-likeness (QED) is 0.251. The van der Waals surface area contributed by atoms with Crippen molar-refractivity contribution in [1.29, 1.82) is 0 Å². The Hall–Kier alpha value is -0.0800. The Morgan fingerprint density at radius 3 is 2.74 bits per heavy atom.